The average molecular weight is 317 g/mol. The highest BCUT2D eigenvalue weighted by Crippen LogP contribution is 2.27. The molecule has 3 rings (SSSR count). The second kappa shape index (κ2) is 5.16. The topological polar surface area (TPSA) is 53.6 Å². The zero-order chi connectivity index (χ0) is 13.2. The lowest BCUT2D eigenvalue weighted by Crippen LogP contribution is -2.11. The van der Waals surface area contributed by atoms with Gasteiger partial charge < -0.3 is 9.88 Å². The lowest BCUT2D eigenvalue weighted by molar-refractivity contribution is 0.713. The molecule has 1 unspecified atom stereocenters. The maximum atomic E-state index is 9.25. The lowest BCUT2D eigenvalue weighted by atomic mass is 10.0. The molecule has 1 aromatic carbocycles. The van der Waals surface area contributed by atoms with Crippen LogP contribution in [0.1, 0.15) is 23.6 Å². The minimum absolute atomic E-state index is 0.466. The van der Waals surface area contributed by atoms with E-state index >= 15 is 0 Å². The number of imidazole rings is 1. The van der Waals surface area contributed by atoms with Crippen molar-refractivity contribution in [2.75, 3.05) is 13.1 Å². The van der Waals surface area contributed by atoms with Gasteiger partial charge in [0.1, 0.15) is 6.07 Å². The number of nitrogens with zero attached hydrogens (tertiary/aromatic N) is 3. The summed E-state index contributed by atoms with van der Waals surface area (Å²) in [4.78, 5) is 4.26. The summed E-state index contributed by atoms with van der Waals surface area (Å²) in [6.07, 6.45) is 4.80. The molecule has 1 aliphatic heterocycles. The summed E-state index contributed by atoms with van der Waals surface area (Å²) in [6, 6.07) is 7.92. The summed E-state index contributed by atoms with van der Waals surface area (Å²) in [6.45, 7) is 2.01. The predicted molar refractivity (Wildman–Crippen MR) is 76.2 cm³/mol. The van der Waals surface area contributed by atoms with E-state index in [1.807, 2.05) is 29.0 Å². The van der Waals surface area contributed by atoms with Crippen molar-refractivity contribution in [3.63, 3.8) is 0 Å². The summed E-state index contributed by atoms with van der Waals surface area (Å²) in [5.74, 6) is 0.466. The molecule has 1 fully saturated rings. The van der Waals surface area contributed by atoms with Crippen LogP contribution in [0.3, 0.4) is 0 Å². The van der Waals surface area contributed by atoms with Crippen molar-refractivity contribution in [2.45, 2.75) is 12.3 Å². The van der Waals surface area contributed by atoms with Gasteiger partial charge in [-0.15, -0.1) is 0 Å². The smallest absolute Gasteiger partial charge is 0.101 e. The SMILES string of the molecule is N#Cc1ccc(Br)cc1-n1cncc1C1CCNC1. The van der Waals surface area contributed by atoms with E-state index in [0.29, 0.717) is 11.5 Å². The Morgan fingerprint density at radius 2 is 2.37 bits per heavy atom. The molecule has 0 radical (unpaired) electrons. The van der Waals surface area contributed by atoms with Gasteiger partial charge >= 0.3 is 0 Å². The standard InChI is InChI=1S/C14H13BrN4/c15-12-2-1-10(6-16)13(5-12)19-9-18-8-14(19)11-3-4-17-7-11/h1-2,5,8-9,11,17H,3-4,7H2. The maximum Gasteiger partial charge on any atom is 0.101 e. The molecule has 2 heterocycles. The first-order valence-corrected chi connectivity index (χ1v) is 7.02. The highest BCUT2D eigenvalue weighted by Gasteiger charge is 2.21. The zero-order valence-corrected chi connectivity index (χ0v) is 11.9. The minimum atomic E-state index is 0.466. The third kappa shape index (κ3) is 2.29. The zero-order valence-electron chi connectivity index (χ0n) is 10.3. The van der Waals surface area contributed by atoms with E-state index in [2.05, 4.69) is 32.3 Å². The van der Waals surface area contributed by atoms with Gasteiger partial charge in [-0.3, -0.25) is 0 Å². The Labute approximate surface area is 120 Å². The van der Waals surface area contributed by atoms with Crippen LogP contribution >= 0.6 is 15.9 Å². The number of hydrogen-bond donors (Lipinski definition) is 1. The molecule has 0 saturated carbocycles. The number of nitriles is 1. The third-order valence-electron chi connectivity index (χ3n) is 3.49. The normalized spacial score (nSPS) is 18.4. The van der Waals surface area contributed by atoms with Gasteiger partial charge in [-0.25, -0.2) is 4.98 Å². The first kappa shape index (κ1) is 12.4. The number of halogens is 1. The molecule has 0 amide bonds. The summed E-state index contributed by atoms with van der Waals surface area (Å²) in [7, 11) is 0. The average Bonchev–Trinajstić information content (AvgIpc) is 3.09. The summed E-state index contributed by atoms with van der Waals surface area (Å²) in [5, 5.41) is 12.6. The van der Waals surface area contributed by atoms with Crippen molar-refractivity contribution < 1.29 is 0 Å². The van der Waals surface area contributed by atoms with Crippen molar-refractivity contribution in [2.24, 2.45) is 0 Å². The first-order chi connectivity index (χ1) is 9.29. The van der Waals surface area contributed by atoms with Gasteiger partial charge in [0.2, 0.25) is 0 Å². The lowest BCUT2D eigenvalue weighted by Gasteiger charge is -2.14. The van der Waals surface area contributed by atoms with Crippen LogP contribution in [0.15, 0.2) is 35.2 Å². The van der Waals surface area contributed by atoms with E-state index in [9.17, 15) is 5.26 Å². The summed E-state index contributed by atoms with van der Waals surface area (Å²) in [5.41, 5.74) is 2.71. The van der Waals surface area contributed by atoms with Crippen LogP contribution in [0.25, 0.3) is 5.69 Å². The van der Waals surface area contributed by atoms with E-state index in [1.54, 1.807) is 6.33 Å². The van der Waals surface area contributed by atoms with Crippen molar-refractivity contribution in [1.29, 1.82) is 5.26 Å². The molecule has 96 valence electrons. The van der Waals surface area contributed by atoms with Crippen LogP contribution in [-0.2, 0) is 0 Å². The molecule has 2 aromatic rings. The largest absolute Gasteiger partial charge is 0.316 e. The molecule has 5 heteroatoms. The summed E-state index contributed by atoms with van der Waals surface area (Å²) >= 11 is 3.46. The van der Waals surface area contributed by atoms with E-state index in [4.69, 9.17) is 0 Å². The van der Waals surface area contributed by atoms with Gasteiger partial charge in [-0.05, 0) is 31.2 Å². The Kier molecular flexibility index (Phi) is 3.36. The molecule has 19 heavy (non-hydrogen) atoms. The molecule has 1 atom stereocenters. The fourth-order valence-corrected chi connectivity index (χ4v) is 2.86. The van der Waals surface area contributed by atoms with Crippen LogP contribution < -0.4 is 5.32 Å². The second-order valence-electron chi connectivity index (χ2n) is 4.65. The molecule has 0 aliphatic carbocycles. The van der Waals surface area contributed by atoms with Crippen LogP contribution in [-0.4, -0.2) is 22.6 Å². The fraction of sp³-hybridized carbons (Fsp3) is 0.286. The van der Waals surface area contributed by atoms with E-state index in [1.165, 1.54) is 5.69 Å². The molecular formula is C14H13BrN4. The van der Waals surface area contributed by atoms with Crippen molar-refractivity contribution in [3.8, 4) is 11.8 Å². The Morgan fingerprint density at radius 3 is 3.11 bits per heavy atom. The molecule has 1 aromatic heterocycles. The number of benzene rings is 1. The monoisotopic (exact) mass is 316 g/mol. The Bertz CT molecular complexity index is 635. The molecular weight excluding hydrogens is 304 g/mol. The summed E-state index contributed by atoms with van der Waals surface area (Å²) < 4.78 is 2.99. The highest BCUT2D eigenvalue weighted by molar-refractivity contribution is 9.10. The maximum absolute atomic E-state index is 9.25. The number of rotatable bonds is 2. The predicted octanol–water partition coefficient (Wildman–Crippen LogP) is 2.58. The number of hydrogen-bond acceptors (Lipinski definition) is 3. The van der Waals surface area contributed by atoms with Gasteiger partial charge in [0.05, 0.1) is 17.6 Å². The number of aromatic nitrogens is 2. The molecule has 1 aliphatic rings. The van der Waals surface area contributed by atoms with Gasteiger partial charge in [0.25, 0.3) is 0 Å². The highest BCUT2D eigenvalue weighted by atomic mass is 79.9. The van der Waals surface area contributed by atoms with E-state index < -0.39 is 0 Å². The van der Waals surface area contributed by atoms with Gasteiger partial charge in [-0.2, -0.15) is 5.26 Å². The van der Waals surface area contributed by atoms with Gasteiger partial charge in [-0.1, -0.05) is 15.9 Å². The number of nitrogens with one attached hydrogen (secondary N) is 1. The quantitative estimate of drug-likeness (QED) is 0.926. The van der Waals surface area contributed by atoms with Crippen molar-refractivity contribution in [1.82, 2.24) is 14.9 Å². The first-order valence-electron chi connectivity index (χ1n) is 6.22. The second-order valence-corrected chi connectivity index (χ2v) is 5.57. The van der Waals surface area contributed by atoms with Crippen molar-refractivity contribution in [3.05, 3.63) is 46.5 Å². The van der Waals surface area contributed by atoms with E-state index in [0.717, 1.165) is 29.7 Å². The third-order valence-corrected chi connectivity index (χ3v) is 3.98. The molecule has 0 spiro atoms. The Balaban J connectivity index is 2.10. The fourth-order valence-electron chi connectivity index (χ4n) is 2.51. The minimum Gasteiger partial charge on any atom is -0.316 e. The Morgan fingerprint density at radius 1 is 1.47 bits per heavy atom. The van der Waals surface area contributed by atoms with Crippen LogP contribution in [0.5, 0.6) is 0 Å². The van der Waals surface area contributed by atoms with Crippen LogP contribution in [0.4, 0.5) is 0 Å². The van der Waals surface area contributed by atoms with Gasteiger partial charge in [0.15, 0.2) is 0 Å². The van der Waals surface area contributed by atoms with Crippen molar-refractivity contribution >= 4 is 15.9 Å². The van der Waals surface area contributed by atoms with Crippen LogP contribution in [0, 0.1) is 11.3 Å². The Hall–Kier alpha value is -1.64. The molecule has 1 N–H and O–H groups in total. The molecule has 1 saturated heterocycles. The molecule has 0 bridgehead atoms. The van der Waals surface area contributed by atoms with E-state index in [-0.39, 0.29) is 0 Å². The van der Waals surface area contributed by atoms with Gasteiger partial charge in [0, 0.05) is 28.8 Å². The van der Waals surface area contributed by atoms with Crippen LogP contribution in [0.2, 0.25) is 0 Å². The molecule has 4 nitrogen and oxygen atoms in total.